The molecule has 4 nitrogen and oxygen atoms in total. The van der Waals surface area contributed by atoms with Gasteiger partial charge in [-0.2, -0.15) is 0 Å². The number of carbonyl (C=O) groups excluding carboxylic acids is 1. The summed E-state index contributed by atoms with van der Waals surface area (Å²) in [6.07, 6.45) is 0.879. The van der Waals surface area contributed by atoms with E-state index in [0.717, 1.165) is 19.5 Å². The molecule has 0 fully saturated rings. The fraction of sp³-hybridized carbons (Fsp3) is 0.917. The number of hydrogen-bond acceptors (Lipinski definition) is 2. The van der Waals surface area contributed by atoms with Gasteiger partial charge in [-0.1, -0.05) is 6.92 Å². The summed E-state index contributed by atoms with van der Waals surface area (Å²) in [5.41, 5.74) is 5.57. The molecule has 0 aliphatic rings. The van der Waals surface area contributed by atoms with Crippen LogP contribution in [0.15, 0.2) is 0 Å². The van der Waals surface area contributed by atoms with Gasteiger partial charge < -0.3 is 15.5 Å². The van der Waals surface area contributed by atoms with Crippen molar-refractivity contribution in [3.63, 3.8) is 0 Å². The van der Waals surface area contributed by atoms with E-state index in [1.165, 1.54) is 0 Å². The lowest BCUT2D eigenvalue weighted by atomic mass is 9.97. The highest BCUT2D eigenvalue weighted by Crippen LogP contribution is 2.19. The molecule has 0 saturated heterocycles. The second-order valence-electron chi connectivity index (χ2n) is 4.25. The minimum Gasteiger partial charge on any atom is -0.328 e. The average molecular weight is 229 g/mol. The van der Waals surface area contributed by atoms with E-state index in [1.54, 1.807) is 0 Å². The standard InChI is InChI=1S/C12H27N3O/c1-6-12(5,10-13)15(9-4)11(16)14(7-2)8-3/h6-10,13H2,1-5H3. The Bertz CT molecular complexity index is 210. The third-order valence-electron chi connectivity index (χ3n) is 3.43. The fourth-order valence-corrected chi connectivity index (χ4v) is 1.86. The van der Waals surface area contributed by atoms with Crippen LogP contribution in [-0.2, 0) is 0 Å². The van der Waals surface area contributed by atoms with Crippen LogP contribution in [0.25, 0.3) is 0 Å². The Labute approximate surface area is 99.8 Å². The quantitative estimate of drug-likeness (QED) is 0.756. The minimum atomic E-state index is -0.228. The first-order chi connectivity index (χ1) is 7.50. The highest BCUT2D eigenvalue weighted by molar-refractivity contribution is 5.75. The highest BCUT2D eigenvalue weighted by atomic mass is 16.2. The Hall–Kier alpha value is -0.770. The summed E-state index contributed by atoms with van der Waals surface area (Å²) in [6.45, 7) is 12.8. The zero-order valence-electron chi connectivity index (χ0n) is 11.4. The normalized spacial score (nSPS) is 14.4. The maximum atomic E-state index is 12.3. The van der Waals surface area contributed by atoms with E-state index >= 15 is 0 Å². The minimum absolute atomic E-state index is 0.0994. The largest absolute Gasteiger partial charge is 0.328 e. The molecule has 0 aromatic carbocycles. The number of rotatable bonds is 6. The summed E-state index contributed by atoms with van der Waals surface area (Å²) in [7, 11) is 0. The van der Waals surface area contributed by atoms with Crippen LogP contribution < -0.4 is 5.73 Å². The monoisotopic (exact) mass is 229 g/mol. The zero-order valence-corrected chi connectivity index (χ0v) is 11.4. The summed E-state index contributed by atoms with van der Waals surface area (Å²) in [5.74, 6) is 0. The van der Waals surface area contributed by atoms with Gasteiger partial charge in [-0.3, -0.25) is 0 Å². The van der Waals surface area contributed by atoms with Crippen molar-refractivity contribution < 1.29 is 4.79 Å². The van der Waals surface area contributed by atoms with Crippen LogP contribution in [0, 0.1) is 0 Å². The van der Waals surface area contributed by atoms with E-state index in [2.05, 4.69) is 13.8 Å². The zero-order chi connectivity index (χ0) is 12.8. The molecule has 0 aromatic heterocycles. The van der Waals surface area contributed by atoms with Gasteiger partial charge in [0.05, 0.1) is 5.54 Å². The molecule has 0 aliphatic heterocycles. The molecule has 0 heterocycles. The number of hydrogen-bond donors (Lipinski definition) is 1. The van der Waals surface area contributed by atoms with Crippen LogP contribution in [-0.4, -0.2) is 47.5 Å². The molecule has 0 saturated carbocycles. The number of nitrogens with zero attached hydrogens (tertiary/aromatic N) is 2. The first kappa shape index (κ1) is 15.2. The van der Waals surface area contributed by atoms with Crippen LogP contribution >= 0.6 is 0 Å². The summed E-state index contributed by atoms with van der Waals surface area (Å²) < 4.78 is 0. The van der Waals surface area contributed by atoms with Crippen molar-refractivity contribution in [2.24, 2.45) is 5.73 Å². The Kier molecular flexibility index (Phi) is 6.41. The smallest absolute Gasteiger partial charge is 0.320 e. The van der Waals surface area contributed by atoms with Crippen molar-refractivity contribution in [2.45, 2.75) is 46.6 Å². The molecule has 0 radical (unpaired) electrons. The average Bonchev–Trinajstić information content (AvgIpc) is 2.31. The van der Waals surface area contributed by atoms with E-state index in [9.17, 15) is 4.79 Å². The number of carbonyl (C=O) groups is 1. The van der Waals surface area contributed by atoms with Gasteiger partial charge in [-0.25, -0.2) is 4.79 Å². The molecule has 96 valence electrons. The first-order valence-electron chi connectivity index (χ1n) is 6.27. The molecule has 0 spiro atoms. The Morgan fingerprint density at radius 3 is 1.88 bits per heavy atom. The van der Waals surface area contributed by atoms with Crippen LogP contribution in [0.3, 0.4) is 0 Å². The number of likely N-dealkylation sites (N-methyl/N-ethyl adjacent to an activating group) is 1. The van der Waals surface area contributed by atoms with Crippen molar-refractivity contribution in [2.75, 3.05) is 26.2 Å². The summed E-state index contributed by atoms with van der Waals surface area (Å²) in [5, 5.41) is 0. The maximum Gasteiger partial charge on any atom is 0.320 e. The predicted octanol–water partition coefficient (Wildman–Crippen LogP) is 1.90. The molecule has 0 aliphatic carbocycles. The van der Waals surface area contributed by atoms with E-state index in [0.29, 0.717) is 13.1 Å². The van der Waals surface area contributed by atoms with Crippen molar-refractivity contribution in [1.82, 2.24) is 9.80 Å². The molecule has 2 amide bonds. The molecule has 0 aromatic rings. The van der Waals surface area contributed by atoms with Gasteiger partial charge in [-0.05, 0) is 34.1 Å². The van der Waals surface area contributed by atoms with E-state index < -0.39 is 0 Å². The Balaban J connectivity index is 4.90. The molecule has 1 atom stereocenters. The predicted molar refractivity (Wildman–Crippen MR) is 68.4 cm³/mol. The van der Waals surface area contributed by atoms with Gasteiger partial charge in [0.15, 0.2) is 0 Å². The summed E-state index contributed by atoms with van der Waals surface area (Å²) >= 11 is 0. The SMILES string of the molecule is CCN(CC)C(=O)N(CC)C(C)(CC)CN. The van der Waals surface area contributed by atoms with Crippen molar-refractivity contribution in [1.29, 1.82) is 0 Å². The Morgan fingerprint density at radius 1 is 1.12 bits per heavy atom. The van der Waals surface area contributed by atoms with Crippen LogP contribution in [0.1, 0.15) is 41.0 Å². The van der Waals surface area contributed by atoms with Gasteiger partial charge in [0.1, 0.15) is 0 Å². The van der Waals surface area contributed by atoms with Gasteiger partial charge in [0, 0.05) is 26.2 Å². The number of amides is 2. The van der Waals surface area contributed by atoms with Gasteiger partial charge >= 0.3 is 6.03 Å². The lowest BCUT2D eigenvalue weighted by molar-refractivity contribution is 0.1000. The molecule has 4 heteroatoms. The lowest BCUT2D eigenvalue weighted by Crippen LogP contribution is -2.57. The van der Waals surface area contributed by atoms with E-state index in [1.807, 2.05) is 30.6 Å². The fourth-order valence-electron chi connectivity index (χ4n) is 1.86. The van der Waals surface area contributed by atoms with Gasteiger partial charge in [0.2, 0.25) is 0 Å². The molecule has 0 rings (SSSR count). The lowest BCUT2D eigenvalue weighted by Gasteiger charge is -2.41. The summed E-state index contributed by atoms with van der Waals surface area (Å²) in [4.78, 5) is 16.0. The van der Waals surface area contributed by atoms with Crippen molar-refractivity contribution >= 4 is 6.03 Å². The van der Waals surface area contributed by atoms with Gasteiger partial charge in [-0.15, -0.1) is 0 Å². The number of nitrogens with two attached hydrogens (primary N) is 1. The van der Waals surface area contributed by atoms with Crippen molar-refractivity contribution in [3.05, 3.63) is 0 Å². The molecule has 16 heavy (non-hydrogen) atoms. The van der Waals surface area contributed by atoms with Gasteiger partial charge in [0.25, 0.3) is 0 Å². The van der Waals surface area contributed by atoms with E-state index in [-0.39, 0.29) is 11.6 Å². The third-order valence-corrected chi connectivity index (χ3v) is 3.43. The first-order valence-corrected chi connectivity index (χ1v) is 6.27. The Morgan fingerprint density at radius 2 is 1.62 bits per heavy atom. The molecule has 1 unspecified atom stereocenters. The second-order valence-corrected chi connectivity index (χ2v) is 4.25. The molecular weight excluding hydrogens is 202 g/mol. The molecule has 2 N–H and O–H groups in total. The molecular formula is C12H27N3O. The summed E-state index contributed by atoms with van der Waals surface area (Å²) in [6, 6.07) is 0.0994. The third kappa shape index (κ3) is 3.11. The topological polar surface area (TPSA) is 49.6 Å². The highest BCUT2D eigenvalue weighted by Gasteiger charge is 2.33. The van der Waals surface area contributed by atoms with Crippen molar-refractivity contribution in [3.8, 4) is 0 Å². The van der Waals surface area contributed by atoms with Crippen LogP contribution in [0.4, 0.5) is 4.79 Å². The molecule has 0 bridgehead atoms. The number of urea groups is 1. The van der Waals surface area contributed by atoms with Crippen LogP contribution in [0.2, 0.25) is 0 Å². The van der Waals surface area contributed by atoms with E-state index in [4.69, 9.17) is 5.73 Å². The maximum absolute atomic E-state index is 12.3. The van der Waals surface area contributed by atoms with Crippen LogP contribution in [0.5, 0.6) is 0 Å². The second kappa shape index (κ2) is 6.74.